The lowest BCUT2D eigenvalue weighted by Crippen LogP contribution is -2.48. The van der Waals surface area contributed by atoms with E-state index in [1.54, 1.807) is 0 Å². The smallest absolute Gasteiger partial charge is 0.287 e. The average Bonchev–Trinajstić information content (AvgIpc) is 3.53. The van der Waals surface area contributed by atoms with Crippen molar-refractivity contribution in [3.8, 4) is 0 Å². The van der Waals surface area contributed by atoms with Gasteiger partial charge in [-0.3, -0.25) is 28.8 Å². The maximum Gasteiger partial charge on any atom is 0.287 e. The van der Waals surface area contributed by atoms with E-state index in [-0.39, 0.29) is 53.5 Å². The van der Waals surface area contributed by atoms with E-state index in [0.29, 0.717) is 5.92 Å². The van der Waals surface area contributed by atoms with Crippen LogP contribution in [0.5, 0.6) is 0 Å². The molecule has 2 aromatic rings. The number of rotatable bonds is 11. The highest BCUT2D eigenvalue weighted by molar-refractivity contribution is 6.36. The van der Waals surface area contributed by atoms with Crippen molar-refractivity contribution in [2.45, 2.75) is 71.5 Å². The lowest BCUT2D eigenvalue weighted by molar-refractivity contribution is -0.137. The number of anilines is 1. The first-order valence-corrected chi connectivity index (χ1v) is 14.0. The number of hydrogen-bond donors (Lipinski definition) is 4. The second-order valence-electron chi connectivity index (χ2n) is 11.9. The summed E-state index contributed by atoms with van der Waals surface area (Å²) in [7, 11) is 2.80. The molecule has 0 unspecified atom stereocenters. The summed E-state index contributed by atoms with van der Waals surface area (Å²) in [5.74, 6) is -2.81. The van der Waals surface area contributed by atoms with E-state index in [2.05, 4.69) is 52.4 Å². The minimum absolute atomic E-state index is 0.0156. The second-order valence-corrected chi connectivity index (χ2v) is 11.9. The van der Waals surface area contributed by atoms with Crippen molar-refractivity contribution in [2.75, 3.05) is 12.4 Å². The van der Waals surface area contributed by atoms with Gasteiger partial charge in [0.25, 0.3) is 17.4 Å². The van der Waals surface area contributed by atoms with Crippen molar-refractivity contribution in [2.24, 2.45) is 23.8 Å². The Kier molecular flexibility index (Phi) is 8.64. The number of aryl methyl sites for hydroxylation is 1. The third-order valence-corrected chi connectivity index (χ3v) is 9.43. The Morgan fingerprint density at radius 3 is 2.50 bits per heavy atom. The molecule has 42 heavy (non-hydrogen) atoms. The van der Waals surface area contributed by atoms with Gasteiger partial charge in [-0.05, 0) is 54.6 Å². The zero-order valence-corrected chi connectivity index (χ0v) is 24.5. The summed E-state index contributed by atoms with van der Waals surface area (Å²) in [6.07, 6.45) is 5.22. The molecule has 0 saturated heterocycles. The molecule has 14 nitrogen and oxygen atoms in total. The molecule has 2 saturated carbocycles. The van der Waals surface area contributed by atoms with E-state index >= 15 is 0 Å². The molecule has 0 aromatic carbocycles. The number of carbonyl (C=O) groups excluding carboxylic acids is 5. The van der Waals surface area contributed by atoms with Gasteiger partial charge < -0.3 is 25.8 Å². The molecule has 0 radical (unpaired) electrons. The average molecular weight is 583 g/mol. The first kappa shape index (κ1) is 30.6. The molecule has 4 amide bonds. The van der Waals surface area contributed by atoms with Gasteiger partial charge in [-0.1, -0.05) is 26.0 Å². The van der Waals surface area contributed by atoms with E-state index in [4.69, 9.17) is 0 Å². The number of nitrogens with zero attached hydrogens (tertiary/aromatic N) is 4. The van der Waals surface area contributed by atoms with Gasteiger partial charge in [0.05, 0.1) is 6.20 Å². The second kappa shape index (κ2) is 11.9. The van der Waals surface area contributed by atoms with Gasteiger partial charge in [-0.2, -0.15) is 0 Å². The first-order valence-electron chi connectivity index (χ1n) is 14.0. The van der Waals surface area contributed by atoms with E-state index < -0.39 is 35.1 Å². The molecule has 2 heterocycles. The molecule has 2 bridgehead atoms. The molecule has 0 spiro atoms. The maximum absolute atomic E-state index is 13.2. The highest BCUT2D eigenvalue weighted by atomic mass is 16.2. The SMILES string of the molecule is CNC(=O)C(=O)CC[C@H](NC(=O)c1cnnn1C)C(=O)Nc1cccn(CC(=O)N[C@H]2C[C@H]3CC[C@]2(C)C3(C)C)c1=O. The van der Waals surface area contributed by atoms with Crippen LogP contribution in [0.25, 0.3) is 0 Å². The Labute approximate surface area is 243 Å². The highest BCUT2D eigenvalue weighted by Crippen LogP contribution is 2.65. The third kappa shape index (κ3) is 5.83. The molecule has 14 heteroatoms. The van der Waals surface area contributed by atoms with Crippen molar-refractivity contribution in [1.82, 2.24) is 35.5 Å². The summed E-state index contributed by atoms with van der Waals surface area (Å²) < 4.78 is 2.41. The monoisotopic (exact) mass is 582 g/mol. The van der Waals surface area contributed by atoms with E-state index in [1.165, 1.54) is 47.9 Å². The Balaban J connectivity index is 1.45. The number of amides is 4. The van der Waals surface area contributed by atoms with Gasteiger partial charge in [0.1, 0.15) is 24.0 Å². The van der Waals surface area contributed by atoms with Crippen molar-refractivity contribution in [3.05, 3.63) is 40.6 Å². The standard InChI is InChI=1S/C28H38N8O6/c1-27(2)16-10-11-28(27,3)21(13-16)33-22(38)15-36-12-6-7-18(26(36)42)32-23(39)17(8-9-20(37)25(41)29-4)31-24(40)19-14-30-34-35(19)5/h6-7,12,14,16-17,21H,8-11,13,15H2,1-5H3,(H,29,41)(H,31,40)(H,32,39)(H,33,38)/t16-,17+,21+,28+/m1/s1. The molecule has 4 N–H and O–H groups in total. The molecule has 2 aromatic heterocycles. The molecule has 2 aliphatic rings. The Morgan fingerprint density at radius 1 is 1.17 bits per heavy atom. The largest absolute Gasteiger partial charge is 0.353 e. The molecular weight excluding hydrogens is 544 g/mol. The number of Topliss-reactive ketones (excluding diaryl/α,β-unsaturated/α-hetero) is 1. The fraction of sp³-hybridized carbons (Fsp3) is 0.571. The minimum atomic E-state index is -1.28. The number of nitrogens with one attached hydrogen (secondary N) is 4. The van der Waals surface area contributed by atoms with Gasteiger partial charge in [-0.15, -0.1) is 5.10 Å². The van der Waals surface area contributed by atoms with Crippen LogP contribution in [0.4, 0.5) is 5.69 Å². The zero-order valence-electron chi connectivity index (χ0n) is 24.5. The normalized spacial score (nSPS) is 22.7. The number of aromatic nitrogens is 4. The van der Waals surface area contributed by atoms with Crippen LogP contribution in [-0.4, -0.2) is 68.1 Å². The van der Waals surface area contributed by atoms with E-state index in [1.807, 2.05) is 0 Å². The van der Waals surface area contributed by atoms with Gasteiger partial charge in [-0.25, -0.2) is 4.68 Å². The summed E-state index contributed by atoms with van der Waals surface area (Å²) in [5, 5.41) is 17.7. The topological polar surface area (TPSA) is 186 Å². The molecule has 2 aliphatic carbocycles. The summed E-state index contributed by atoms with van der Waals surface area (Å²) in [4.78, 5) is 75.9. The van der Waals surface area contributed by atoms with Crippen LogP contribution in [0.2, 0.25) is 0 Å². The van der Waals surface area contributed by atoms with Gasteiger partial charge in [0.15, 0.2) is 0 Å². The molecular formula is C28H38N8O6. The summed E-state index contributed by atoms with van der Waals surface area (Å²) in [5.41, 5.74) is -0.550. The summed E-state index contributed by atoms with van der Waals surface area (Å²) in [6.45, 7) is 6.50. The predicted octanol–water partition coefficient (Wildman–Crippen LogP) is 0.140. The minimum Gasteiger partial charge on any atom is -0.353 e. The molecule has 226 valence electrons. The van der Waals surface area contributed by atoms with Crippen LogP contribution < -0.4 is 26.8 Å². The summed E-state index contributed by atoms with van der Waals surface area (Å²) in [6, 6.07) is 1.65. The maximum atomic E-state index is 13.2. The van der Waals surface area contributed by atoms with Crippen LogP contribution in [-0.2, 0) is 32.8 Å². The van der Waals surface area contributed by atoms with Crippen molar-refractivity contribution < 1.29 is 24.0 Å². The van der Waals surface area contributed by atoms with Gasteiger partial charge >= 0.3 is 0 Å². The van der Waals surface area contributed by atoms with Gasteiger partial charge in [0, 0.05) is 32.8 Å². The number of likely N-dealkylation sites (N-methyl/N-ethyl adjacent to an activating group) is 1. The highest BCUT2D eigenvalue weighted by Gasteiger charge is 2.61. The number of hydrogen-bond acceptors (Lipinski definition) is 8. The number of pyridine rings is 1. The van der Waals surface area contributed by atoms with Crippen LogP contribution in [0.3, 0.4) is 0 Å². The fourth-order valence-corrected chi connectivity index (χ4v) is 6.32. The number of carbonyl (C=O) groups is 5. The number of ketones is 1. The Bertz CT molecular complexity index is 1460. The van der Waals surface area contributed by atoms with Crippen molar-refractivity contribution in [1.29, 1.82) is 0 Å². The van der Waals surface area contributed by atoms with Gasteiger partial charge in [0.2, 0.25) is 17.6 Å². The van der Waals surface area contributed by atoms with Crippen LogP contribution in [0.1, 0.15) is 63.4 Å². The van der Waals surface area contributed by atoms with Crippen LogP contribution in [0, 0.1) is 16.7 Å². The lowest BCUT2D eigenvalue weighted by Gasteiger charge is -2.39. The van der Waals surface area contributed by atoms with Crippen molar-refractivity contribution in [3.63, 3.8) is 0 Å². The van der Waals surface area contributed by atoms with Crippen LogP contribution >= 0.6 is 0 Å². The molecule has 4 rings (SSSR count). The molecule has 0 aliphatic heterocycles. The Morgan fingerprint density at radius 2 is 1.90 bits per heavy atom. The van der Waals surface area contributed by atoms with Crippen LogP contribution in [0.15, 0.2) is 29.3 Å². The van der Waals surface area contributed by atoms with E-state index in [0.717, 1.165) is 19.3 Å². The first-order chi connectivity index (χ1) is 19.8. The zero-order chi connectivity index (χ0) is 30.8. The Hall–Kier alpha value is -4.36. The van der Waals surface area contributed by atoms with Crippen molar-refractivity contribution >= 4 is 35.1 Å². The van der Waals surface area contributed by atoms with E-state index in [9.17, 15) is 28.8 Å². The lowest BCUT2D eigenvalue weighted by atomic mass is 9.69. The predicted molar refractivity (Wildman–Crippen MR) is 151 cm³/mol. The molecule has 2 fully saturated rings. The fourth-order valence-electron chi connectivity index (χ4n) is 6.32. The third-order valence-electron chi connectivity index (χ3n) is 9.43. The quantitative estimate of drug-likeness (QED) is 0.269. The molecule has 4 atom stereocenters. The number of fused-ring (bicyclic) bond motifs is 2. The summed E-state index contributed by atoms with van der Waals surface area (Å²) >= 11 is 0.